The molecule has 0 atom stereocenters. The number of hydrogen-bond donors (Lipinski definition) is 1. The van der Waals surface area contributed by atoms with Gasteiger partial charge >= 0.3 is 5.94 Å². The van der Waals surface area contributed by atoms with Gasteiger partial charge in [-0.25, -0.2) is 4.42 Å². The van der Waals surface area contributed by atoms with Crippen LogP contribution >= 0.6 is 0 Å². The summed E-state index contributed by atoms with van der Waals surface area (Å²) in [4.78, 5) is 0. The van der Waals surface area contributed by atoms with Crippen molar-refractivity contribution in [1.29, 1.82) is 0 Å². The number of hydrogen-bond acceptors (Lipinski definition) is 2. The minimum Gasteiger partial charge on any atom is -0.565 e. The Morgan fingerprint density at radius 1 is 1.57 bits per heavy atom. The molecule has 2 aliphatic rings. The zero-order valence-electron chi connectivity index (χ0n) is 7.90. The lowest BCUT2D eigenvalue weighted by Gasteiger charge is -2.09. The van der Waals surface area contributed by atoms with Crippen molar-refractivity contribution in [2.24, 2.45) is 11.0 Å². The van der Waals surface area contributed by atoms with Gasteiger partial charge in [-0.3, -0.25) is 0 Å². The highest BCUT2D eigenvalue weighted by atomic mass is 16.4. The number of hydrazone groups is 1. The van der Waals surface area contributed by atoms with E-state index >= 15 is 0 Å². The molecule has 0 spiro atoms. The minimum atomic E-state index is 0.191. The van der Waals surface area contributed by atoms with Crippen LogP contribution < -0.4 is 5.53 Å². The third-order valence-electron chi connectivity index (χ3n) is 1.95. The van der Waals surface area contributed by atoms with Crippen LogP contribution in [-0.2, 0) is 4.42 Å². The zero-order chi connectivity index (χ0) is 9.80. The van der Waals surface area contributed by atoms with Crippen molar-refractivity contribution < 1.29 is 4.42 Å². The van der Waals surface area contributed by atoms with Crippen LogP contribution in [0.5, 0.6) is 0 Å². The molecule has 1 aliphatic heterocycles. The van der Waals surface area contributed by atoms with E-state index in [1.165, 1.54) is 0 Å². The van der Waals surface area contributed by atoms with Gasteiger partial charge in [0, 0.05) is 18.5 Å². The van der Waals surface area contributed by atoms with Gasteiger partial charge < -0.3 is 11.0 Å². The van der Waals surface area contributed by atoms with Gasteiger partial charge in [0.05, 0.1) is 5.71 Å². The molecule has 2 rings (SSSR count). The highest BCUT2D eigenvalue weighted by molar-refractivity contribution is 6.12. The van der Waals surface area contributed by atoms with Crippen LogP contribution in [0.15, 0.2) is 35.1 Å². The molecule has 0 bridgehead atoms. The minimum absolute atomic E-state index is 0.191. The molecule has 0 radical (unpaired) electrons. The molecule has 0 unspecified atom stereocenters. The third kappa shape index (κ3) is 1.60. The largest absolute Gasteiger partial charge is 0.565 e. The van der Waals surface area contributed by atoms with Crippen LogP contribution in [0.25, 0.3) is 5.43 Å². The molecule has 0 fully saturated rings. The maximum atomic E-state index is 5.06. The molecule has 0 aromatic heterocycles. The fourth-order valence-corrected chi connectivity index (χ4v) is 1.30. The van der Waals surface area contributed by atoms with E-state index in [9.17, 15) is 0 Å². The standard InChI is InChI=1S/C10H11N3O/c1-2-14-7-9-10(12-13-11-9)8-5-3-4-6-8/h3-6,8,13H,2H2,1H3. The fourth-order valence-electron chi connectivity index (χ4n) is 1.30. The van der Waals surface area contributed by atoms with E-state index in [1.54, 1.807) is 0 Å². The Balaban J connectivity index is 2.22. The summed E-state index contributed by atoms with van der Waals surface area (Å²) in [6.07, 6.45) is 8.08. The highest BCUT2D eigenvalue weighted by Crippen LogP contribution is 2.20. The van der Waals surface area contributed by atoms with E-state index in [0.29, 0.717) is 12.3 Å². The van der Waals surface area contributed by atoms with Crippen LogP contribution in [0, 0.1) is 5.92 Å². The Morgan fingerprint density at radius 2 is 2.36 bits per heavy atom. The SMILES string of the molecule is CC[O+]=C=C1[N-]NN=C1C1C=CC=C1. The Morgan fingerprint density at radius 3 is 3.07 bits per heavy atom. The molecule has 72 valence electrons. The summed E-state index contributed by atoms with van der Waals surface area (Å²) in [6.45, 7) is 2.49. The third-order valence-corrected chi connectivity index (χ3v) is 1.95. The summed E-state index contributed by atoms with van der Waals surface area (Å²) >= 11 is 0. The lowest BCUT2D eigenvalue weighted by Crippen LogP contribution is -2.08. The van der Waals surface area contributed by atoms with Gasteiger partial charge in [0.1, 0.15) is 0 Å². The second-order valence-corrected chi connectivity index (χ2v) is 2.89. The number of carbonyl (C=O) groups excluding carboxylic acids is 1. The number of nitrogens with one attached hydrogen (secondary N) is 1. The van der Waals surface area contributed by atoms with Crippen LogP contribution in [0.1, 0.15) is 6.92 Å². The van der Waals surface area contributed by atoms with Gasteiger partial charge in [-0.15, -0.1) is 0 Å². The number of allylic oxidation sites excluding steroid dienone is 5. The van der Waals surface area contributed by atoms with Crippen molar-refractivity contribution in [3.8, 4) is 0 Å². The van der Waals surface area contributed by atoms with Crippen molar-refractivity contribution in [2.45, 2.75) is 6.92 Å². The van der Waals surface area contributed by atoms with Crippen molar-refractivity contribution >= 4 is 11.7 Å². The molecule has 0 saturated carbocycles. The summed E-state index contributed by atoms with van der Waals surface area (Å²) in [5.74, 6) is 2.94. The van der Waals surface area contributed by atoms with E-state index < -0.39 is 0 Å². The van der Waals surface area contributed by atoms with Gasteiger partial charge in [0.2, 0.25) is 0 Å². The predicted molar refractivity (Wildman–Crippen MR) is 55.4 cm³/mol. The van der Waals surface area contributed by atoms with Gasteiger partial charge in [0.25, 0.3) is 6.61 Å². The molecular weight excluding hydrogens is 178 g/mol. The van der Waals surface area contributed by atoms with Crippen molar-refractivity contribution in [2.75, 3.05) is 6.61 Å². The van der Waals surface area contributed by atoms with Gasteiger partial charge in [0.15, 0.2) is 0 Å². The van der Waals surface area contributed by atoms with Crippen LogP contribution in [0.2, 0.25) is 0 Å². The first-order valence-electron chi connectivity index (χ1n) is 4.55. The summed E-state index contributed by atoms with van der Waals surface area (Å²) in [5, 5.41) is 4.07. The first-order chi connectivity index (χ1) is 6.92. The molecule has 14 heavy (non-hydrogen) atoms. The molecule has 4 heteroatoms. The lowest BCUT2D eigenvalue weighted by atomic mass is 10.0. The van der Waals surface area contributed by atoms with Gasteiger partial charge in [-0.2, -0.15) is 5.10 Å². The topological polar surface area (TPSA) is 49.8 Å². The Labute approximate surface area is 82.4 Å². The van der Waals surface area contributed by atoms with E-state index in [-0.39, 0.29) is 5.92 Å². The normalized spacial score (nSPS) is 18.9. The zero-order valence-corrected chi connectivity index (χ0v) is 7.90. The second-order valence-electron chi connectivity index (χ2n) is 2.89. The van der Waals surface area contributed by atoms with E-state index in [0.717, 1.165) is 5.71 Å². The molecule has 0 aromatic rings. The van der Waals surface area contributed by atoms with Gasteiger partial charge in [-0.1, -0.05) is 24.3 Å². The summed E-state index contributed by atoms with van der Waals surface area (Å²) in [5.41, 5.74) is 8.03. The first-order valence-corrected chi connectivity index (χ1v) is 4.55. The maximum absolute atomic E-state index is 5.06. The van der Waals surface area contributed by atoms with Crippen LogP contribution in [-0.4, -0.2) is 18.3 Å². The maximum Gasteiger partial charge on any atom is 0.331 e. The van der Waals surface area contributed by atoms with Crippen molar-refractivity contribution in [1.82, 2.24) is 5.53 Å². The highest BCUT2D eigenvalue weighted by Gasteiger charge is 2.17. The molecule has 0 saturated heterocycles. The molecule has 1 aliphatic carbocycles. The van der Waals surface area contributed by atoms with E-state index in [2.05, 4.69) is 34.2 Å². The van der Waals surface area contributed by atoms with Crippen LogP contribution in [0.3, 0.4) is 0 Å². The average molecular weight is 189 g/mol. The monoisotopic (exact) mass is 189 g/mol. The second kappa shape index (κ2) is 3.94. The molecule has 0 amide bonds. The van der Waals surface area contributed by atoms with Crippen molar-refractivity contribution in [3.63, 3.8) is 0 Å². The summed E-state index contributed by atoms with van der Waals surface area (Å²) < 4.78 is 5.06. The molecule has 1 heterocycles. The van der Waals surface area contributed by atoms with Crippen molar-refractivity contribution in [3.05, 3.63) is 35.4 Å². The average Bonchev–Trinajstić information content (AvgIpc) is 2.84. The Hall–Kier alpha value is -1.80. The van der Waals surface area contributed by atoms with E-state index in [4.69, 9.17) is 4.42 Å². The predicted octanol–water partition coefficient (Wildman–Crippen LogP) is 1.25. The number of nitrogens with zero attached hydrogens (tertiary/aromatic N) is 2. The molecular formula is C10H11N3O. The Kier molecular flexibility index (Phi) is 2.47. The molecule has 1 N–H and O–H groups in total. The summed E-state index contributed by atoms with van der Waals surface area (Å²) in [6, 6.07) is 0. The molecule has 4 nitrogen and oxygen atoms in total. The number of rotatable bonds is 2. The summed E-state index contributed by atoms with van der Waals surface area (Å²) in [7, 11) is 0. The Bertz CT molecular complexity index is 361. The van der Waals surface area contributed by atoms with Gasteiger partial charge in [-0.05, 0) is 0 Å². The molecule has 0 aromatic carbocycles. The first kappa shape index (κ1) is 8.78. The quantitative estimate of drug-likeness (QED) is 0.515. The van der Waals surface area contributed by atoms with Crippen LogP contribution in [0.4, 0.5) is 0 Å². The van der Waals surface area contributed by atoms with E-state index in [1.807, 2.05) is 19.1 Å². The lowest BCUT2D eigenvalue weighted by molar-refractivity contribution is 0.127. The fraction of sp³-hybridized carbons (Fsp3) is 0.300. The smallest absolute Gasteiger partial charge is 0.331 e.